The van der Waals surface area contributed by atoms with Gasteiger partial charge in [0.15, 0.2) is 0 Å². The minimum atomic E-state index is -0.137. The summed E-state index contributed by atoms with van der Waals surface area (Å²) in [7, 11) is 0. The van der Waals surface area contributed by atoms with Gasteiger partial charge in [-0.25, -0.2) is 0 Å². The Morgan fingerprint density at radius 2 is 1.38 bits per heavy atom. The molecule has 0 heterocycles. The first-order valence-corrected chi connectivity index (χ1v) is 20.8. The molecule has 0 spiro atoms. The first kappa shape index (κ1) is 37.2. The lowest BCUT2D eigenvalue weighted by Gasteiger charge is -2.35. The molecule has 0 bridgehead atoms. The molecule has 7 aromatic rings. The minimum Gasteiger partial charge on any atom is -0.0795 e. The second kappa shape index (κ2) is 16.6. The Hall–Kier alpha value is -5.72. The summed E-state index contributed by atoms with van der Waals surface area (Å²) in [4.78, 5) is 0. The molecule has 278 valence electrons. The Morgan fingerprint density at radius 3 is 2.21 bits per heavy atom. The zero-order valence-electron chi connectivity index (χ0n) is 33.5. The van der Waals surface area contributed by atoms with Gasteiger partial charge in [-0.2, -0.15) is 0 Å². The van der Waals surface area contributed by atoms with E-state index >= 15 is 0 Å². The molecule has 0 heteroatoms. The van der Waals surface area contributed by atoms with Crippen LogP contribution in [-0.2, 0) is 24.7 Å². The van der Waals surface area contributed by atoms with E-state index < -0.39 is 0 Å². The van der Waals surface area contributed by atoms with Gasteiger partial charge >= 0.3 is 0 Å². The van der Waals surface area contributed by atoms with Gasteiger partial charge in [-0.15, -0.1) is 0 Å². The lowest BCUT2D eigenvalue weighted by molar-refractivity contribution is 0.574. The SMILES string of the molecule is CC.CC(c1ccccc1)C(Cc1cccc2ccccc12)c1ccc2c(c1)-c1cc(C[C@](C)(C3=c4ccccc4=CCC3)c3ccccc3)ccc1CC=C2. The molecule has 9 rings (SSSR count). The highest BCUT2D eigenvalue weighted by Gasteiger charge is 2.33. The van der Waals surface area contributed by atoms with Crippen LogP contribution in [-0.4, -0.2) is 0 Å². The summed E-state index contributed by atoms with van der Waals surface area (Å²) in [6.45, 7) is 8.91. The van der Waals surface area contributed by atoms with E-state index in [1.165, 1.54) is 71.3 Å². The van der Waals surface area contributed by atoms with Crippen molar-refractivity contribution >= 4 is 28.5 Å². The predicted octanol–water partition coefficient (Wildman–Crippen LogP) is 13.2. The molecule has 0 aromatic heterocycles. The number of benzene rings is 7. The Bertz CT molecular complexity index is 2600. The quantitative estimate of drug-likeness (QED) is 0.139. The van der Waals surface area contributed by atoms with Gasteiger partial charge in [0.2, 0.25) is 0 Å². The molecular formula is C56H54. The topological polar surface area (TPSA) is 0 Å². The second-order valence-corrected chi connectivity index (χ2v) is 15.8. The van der Waals surface area contributed by atoms with Gasteiger partial charge < -0.3 is 0 Å². The maximum absolute atomic E-state index is 2.54. The summed E-state index contributed by atoms with van der Waals surface area (Å²) < 4.78 is 0. The highest BCUT2D eigenvalue weighted by Crippen LogP contribution is 2.43. The smallest absolute Gasteiger partial charge is 0.0183 e. The molecule has 0 N–H and O–H groups in total. The Kier molecular flexibility index (Phi) is 11.0. The summed E-state index contributed by atoms with van der Waals surface area (Å²) in [6.07, 6.45) is 12.2. The third kappa shape index (κ3) is 7.34. The lowest BCUT2D eigenvalue weighted by Crippen LogP contribution is -2.38. The van der Waals surface area contributed by atoms with Crippen LogP contribution in [0.5, 0.6) is 0 Å². The number of hydrogen-bond donors (Lipinski definition) is 0. The molecule has 0 amide bonds. The van der Waals surface area contributed by atoms with Crippen molar-refractivity contribution in [3.05, 3.63) is 219 Å². The summed E-state index contributed by atoms with van der Waals surface area (Å²) in [5, 5.41) is 5.45. The zero-order chi connectivity index (χ0) is 38.5. The molecule has 0 radical (unpaired) electrons. The van der Waals surface area contributed by atoms with Gasteiger partial charge in [-0.3, -0.25) is 0 Å². The summed E-state index contributed by atoms with van der Waals surface area (Å²) >= 11 is 0. The fraction of sp³-hybridized carbons (Fsp3) is 0.214. The fourth-order valence-electron chi connectivity index (χ4n) is 9.56. The van der Waals surface area contributed by atoms with Crippen molar-refractivity contribution in [3.63, 3.8) is 0 Å². The van der Waals surface area contributed by atoms with E-state index in [1.807, 2.05) is 13.8 Å². The van der Waals surface area contributed by atoms with Gasteiger partial charge in [-0.1, -0.05) is 215 Å². The number of rotatable bonds is 9. The van der Waals surface area contributed by atoms with Gasteiger partial charge in [0.05, 0.1) is 0 Å². The number of allylic oxidation sites excluding steroid dienone is 1. The minimum absolute atomic E-state index is 0.137. The van der Waals surface area contributed by atoms with Crippen LogP contribution in [0.4, 0.5) is 0 Å². The van der Waals surface area contributed by atoms with E-state index in [-0.39, 0.29) is 5.41 Å². The number of fused-ring (bicyclic) bond motifs is 5. The highest BCUT2D eigenvalue weighted by atomic mass is 14.4. The van der Waals surface area contributed by atoms with E-state index in [9.17, 15) is 0 Å². The molecule has 0 aliphatic heterocycles. The van der Waals surface area contributed by atoms with Crippen molar-refractivity contribution in [2.75, 3.05) is 0 Å². The third-order valence-corrected chi connectivity index (χ3v) is 12.5. The van der Waals surface area contributed by atoms with Crippen molar-refractivity contribution in [3.8, 4) is 11.1 Å². The predicted molar refractivity (Wildman–Crippen MR) is 242 cm³/mol. The maximum Gasteiger partial charge on any atom is 0.0183 e. The molecule has 3 atom stereocenters. The molecule has 56 heavy (non-hydrogen) atoms. The molecule has 2 aliphatic carbocycles. The van der Waals surface area contributed by atoms with Gasteiger partial charge in [0, 0.05) is 5.41 Å². The van der Waals surface area contributed by atoms with Crippen molar-refractivity contribution in [2.45, 2.75) is 77.0 Å². The third-order valence-electron chi connectivity index (χ3n) is 12.5. The first-order chi connectivity index (χ1) is 27.5. The Labute approximate surface area is 334 Å². The fourth-order valence-corrected chi connectivity index (χ4v) is 9.56. The standard InChI is InChI=1S/C54H48.C2H6/c1-38(40-16-5-3-6-17-40)50(35-45-24-14-20-41-18-9-11-27-48(41)45)46-33-32-44-22-13-21-43-31-30-39(34-51(43)52(44)36-46)37-54(2,47-25-7-4-8-26-47)53-29-15-23-42-19-10-12-28-49(42)53;1-2/h3-14,16-20,22-28,30-34,36,38,50H,15,21,29,35,37H2,1-2H3;1-2H3/t38?,50?,54-;/m0./s1. The zero-order valence-corrected chi connectivity index (χ0v) is 33.5. The molecule has 0 saturated heterocycles. The van der Waals surface area contributed by atoms with Crippen LogP contribution in [0.15, 0.2) is 170 Å². The van der Waals surface area contributed by atoms with Crippen molar-refractivity contribution < 1.29 is 0 Å². The molecular weight excluding hydrogens is 673 g/mol. The van der Waals surface area contributed by atoms with Gasteiger partial charge in [-0.05, 0) is 115 Å². The molecule has 0 saturated carbocycles. The van der Waals surface area contributed by atoms with E-state index in [0.717, 1.165) is 32.1 Å². The Balaban J connectivity index is 0.00000217. The van der Waals surface area contributed by atoms with Crippen molar-refractivity contribution in [2.24, 2.45) is 0 Å². The highest BCUT2D eigenvalue weighted by molar-refractivity contribution is 5.86. The number of hydrogen-bond acceptors (Lipinski definition) is 0. The second-order valence-electron chi connectivity index (χ2n) is 15.8. The lowest BCUT2D eigenvalue weighted by atomic mass is 9.68. The van der Waals surface area contributed by atoms with Crippen LogP contribution in [0, 0.1) is 0 Å². The molecule has 7 aromatic carbocycles. The summed E-state index contributed by atoms with van der Waals surface area (Å²) in [5.74, 6) is 0.651. The largest absolute Gasteiger partial charge is 0.0795 e. The van der Waals surface area contributed by atoms with E-state index in [2.05, 4.69) is 196 Å². The van der Waals surface area contributed by atoms with E-state index in [4.69, 9.17) is 0 Å². The maximum atomic E-state index is 2.54. The Morgan fingerprint density at radius 1 is 0.643 bits per heavy atom. The van der Waals surface area contributed by atoms with E-state index in [0.29, 0.717) is 11.8 Å². The van der Waals surface area contributed by atoms with E-state index in [1.54, 1.807) is 5.57 Å². The van der Waals surface area contributed by atoms with Gasteiger partial charge in [0.25, 0.3) is 0 Å². The van der Waals surface area contributed by atoms with Gasteiger partial charge in [0.1, 0.15) is 0 Å². The monoisotopic (exact) mass is 726 g/mol. The van der Waals surface area contributed by atoms with Crippen molar-refractivity contribution in [1.29, 1.82) is 0 Å². The molecule has 2 unspecified atom stereocenters. The van der Waals surface area contributed by atoms with Crippen molar-refractivity contribution in [1.82, 2.24) is 0 Å². The van der Waals surface area contributed by atoms with Crippen LogP contribution in [0.3, 0.4) is 0 Å². The summed E-state index contributed by atoms with van der Waals surface area (Å²) in [5.41, 5.74) is 13.9. The summed E-state index contributed by atoms with van der Waals surface area (Å²) in [6, 6.07) is 61.7. The first-order valence-electron chi connectivity index (χ1n) is 20.8. The van der Waals surface area contributed by atoms with Crippen LogP contribution < -0.4 is 10.4 Å². The van der Waals surface area contributed by atoms with Crippen LogP contribution >= 0.6 is 0 Å². The van der Waals surface area contributed by atoms with Crippen LogP contribution in [0.1, 0.15) is 91.3 Å². The van der Waals surface area contributed by atoms with Crippen LogP contribution in [0.25, 0.3) is 39.6 Å². The van der Waals surface area contributed by atoms with Crippen LogP contribution in [0.2, 0.25) is 0 Å². The normalized spacial score (nSPS) is 15.1. The molecule has 0 fully saturated rings. The average molecular weight is 727 g/mol. The molecule has 0 nitrogen and oxygen atoms in total. The average Bonchev–Trinajstić information content (AvgIpc) is 3.45. The molecule has 2 aliphatic rings.